The highest BCUT2D eigenvalue weighted by Crippen LogP contribution is 2.20. The van der Waals surface area contributed by atoms with Gasteiger partial charge >= 0.3 is 0 Å². The smallest absolute Gasteiger partial charge is 0.251 e. The highest BCUT2D eigenvalue weighted by molar-refractivity contribution is 14.1. The largest absolute Gasteiger partial charge is 0.507 e. The minimum Gasteiger partial charge on any atom is -0.507 e. The molecule has 0 saturated carbocycles. The molecule has 0 aliphatic heterocycles. The first-order valence-electron chi connectivity index (χ1n) is 5.67. The Labute approximate surface area is 124 Å². The van der Waals surface area contributed by atoms with Crippen molar-refractivity contribution < 1.29 is 9.90 Å². The summed E-state index contributed by atoms with van der Waals surface area (Å²) in [7, 11) is 0. The molecule has 0 heterocycles. The molecule has 0 fully saturated rings. The first-order valence-corrected chi connectivity index (χ1v) is 6.75. The number of nitrogens with one attached hydrogen (secondary N) is 1. The van der Waals surface area contributed by atoms with E-state index in [4.69, 9.17) is 5.73 Å². The fourth-order valence-corrected chi connectivity index (χ4v) is 1.91. The molecule has 4 N–H and O–H groups in total. The summed E-state index contributed by atoms with van der Waals surface area (Å²) >= 11 is 2.00. The molecule has 0 atom stereocenters. The molecule has 0 radical (unpaired) electrons. The lowest BCUT2D eigenvalue weighted by molar-refractivity contribution is 0.0950. The number of amides is 1. The van der Waals surface area contributed by atoms with Gasteiger partial charge in [0.1, 0.15) is 5.75 Å². The predicted molar refractivity (Wildman–Crippen MR) is 82.8 cm³/mol. The van der Waals surface area contributed by atoms with Gasteiger partial charge in [-0.15, -0.1) is 0 Å². The van der Waals surface area contributed by atoms with Crippen LogP contribution in [0.3, 0.4) is 0 Å². The normalized spacial score (nSPS) is 10.2. The van der Waals surface area contributed by atoms with Crippen LogP contribution < -0.4 is 11.1 Å². The first-order chi connectivity index (χ1) is 9.06. The maximum atomic E-state index is 11.9. The third-order valence-corrected chi connectivity index (χ3v) is 3.55. The van der Waals surface area contributed by atoms with Crippen LogP contribution in [-0.2, 0) is 6.54 Å². The number of aromatic hydroxyl groups is 1. The van der Waals surface area contributed by atoms with Crippen LogP contribution in [0, 0.1) is 3.57 Å². The average Bonchev–Trinajstić information content (AvgIpc) is 2.41. The van der Waals surface area contributed by atoms with E-state index < -0.39 is 0 Å². The topological polar surface area (TPSA) is 75.3 Å². The van der Waals surface area contributed by atoms with Crippen LogP contribution in [0.2, 0.25) is 0 Å². The van der Waals surface area contributed by atoms with Crippen molar-refractivity contribution in [3.05, 3.63) is 57.2 Å². The maximum absolute atomic E-state index is 11.9. The van der Waals surface area contributed by atoms with Gasteiger partial charge in [-0.3, -0.25) is 4.79 Å². The van der Waals surface area contributed by atoms with E-state index in [2.05, 4.69) is 5.32 Å². The SMILES string of the molecule is Nc1ccc(CNC(=O)c2ccc(I)c(O)c2)cc1. The molecule has 0 spiro atoms. The van der Waals surface area contributed by atoms with Crippen molar-refractivity contribution in [1.82, 2.24) is 5.32 Å². The summed E-state index contributed by atoms with van der Waals surface area (Å²) in [5.74, 6) is -0.107. The third kappa shape index (κ3) is 3.60. The van der Waals surface area contributed by atoms with Crippen LogP contribution in [0.25, 0.3) is 0 Å². The number of phenols is 1. The number of hydrogen-bond acceptors (Lipinski definition) is 3. The number of carbonyl (C=O) groups excluding carboxylic acids is 1. The molecule has 0 aromatic heterocycles. The second-order valence-corrected chi connectivity index (χ2v) is 5.25. The van der Waals surface area contributed by atoms with E-state index in [-0.39, 0.29) is 11.7 Å². The molecule has 5 heteroatoms. The predicted octanol–water partition coefficient (Wildman–Crippen LogP) is 2.51. The molecule has 0 bridgehead atoms. The van der Waals surface area contributed by atoms with Crippen molar-refractivity contribution in [2.75, 3.05) is 5.73 Å². The molecule has 2 aromatic carbocycles. The van der Waals surface area contributed by atoms with Crippen molar-refractivity contribution in [3.63, 3.8) is 0 Å². The molecule has 0 unspecified atom stereocenters. The fraction of sp³-hybridized carbons (Fsp3) is 0.0714. The molecule has 19 heavy (non-hydrogen) atoms. The Balaban J connectivity index is 2.01. The number of rotatable bonds is 3. The van der Waals surface area contributed by atoms with Gasteiger partial charge in [-0.2, -0.15) is 0 Å². The lowest BCUT2D eigenvalue weighted by Crippen LogP contribution is -2.22. The van der Waals surface area contributed by atoms with Gasteiger partial charge < -0.3 is 16.2 Å². The quantitative estimate of drug-likeness (QED) is 0.576. The van der Waals surface area contributed by atoms with Crippen molar-refractivity contribution >= 4 is 34.2 Å². The Hall–Kier alpha value is -1.76. The molecule has 1 amide bonds. The molecule has 2 rings (SSSR count). The molecular formula is C14H13IN2O2. The Morgan fingerprint density at radius 1 is 1.21 bits per heavy atom. The summed E-state index contributed by atoms with van der Waals surface area (Å²) in [6.07, 6.45) is 0. The highest BCUT2D eigenvalue weighted by atomic mass is 127. The molecule has 0 aliphatic carbocycles. The number of carbonyl (C=O) groups is 1. The Morgan fingerprint density at radius 3 is 2.53 bits per heavy atom. The minimum absolute atomic E-state index is 0.112. The number of hydrogen-bond donors (Lipinski definition) is 3. The molecule has 0 aliphatic rings. The number of halogens is 1. The van der Waals surface area contributed by atoms with E-state index in [0.29, 0.717) is 21.4 Å². The second kappa shape index (κ2) is 5.92. The third-order valence-electron chi connectivity index (χ3n) is 2.64. The fourth-order valence-electron chi connectivity index (χ4n) is 1.57. The molecule has 98 valence electrons. The van der Waals surface area contributed by atoms with Gasteiger partial charge in [-0.05, 0) is 58.5 Å². The Morgan fingerprint density at radius 2 is 1.89 bits per heavy atom. The summed E-state index contributed by atoms with van der Waals surface area (Å²) in [5, 5.41) is 12.4. The standard InChI is InChI=1S/C14H13IN2O2/c15-12-6-3-10(7-13(12)18)14(19)17-8-9-1-4-11(16)5-2-9/h1-7,18H,8,16H2,(H,17,19). The molecular weight excluding hydrogens is 355 g/mol. The van der Waals surface area contributed by atoms with E-state index in [1.165, 1.54) is 6.07 Å². The van der Waals surface area contributed by atoms with Gasteiger partial charge in [-0.25, -0.2) is 0 Å². The molecule has 2 aromatic rings. The van der Waals surface area contributed by atoms with Crippen LogP contribution >= 0.6 is 22.6 Å². The number of benzene rings is 2. The zero-order valence-electron chi connectivity index (χ0n) is 10.1. The monoisotopic (exact) mass is 368 g/mol. The van der Waals surface area contributed by atoms with Gasteiger partial charge in [0.15, 0.2) is 0 Å². The summed E-state index contributed by atoms with van der Waals surface area (Å²) < 4.78 is 0.715. The summed E-state index contributed by atoms with van der Waals surface area (Å²) in [5.41, 5.74) is 7.69. The van der Waals surface area contributed by atoms with Gasteiger partial charge in [0.2, 0.25) is 0 Å². The van der Waals surface area contributed by atoms with Crippen molar-refractivity contribution in [1.29, 1.82) is 0 Å². The van der Waals surface area contributed by atoms with E-state index in [0.717, 1.165) is 5.56 Å². The summed E-state index contributed by atoms with van der Waals surface area (Å²) in [6, 6.07) is 12.1. The van der Waals surface area contributed by atoms with Crippen molar-refractivity contribution in [3.8, 4) is 5.75 Å². The number of anilines is 1. The number of nitrogens with two attached hydrogens (primary N) is 1. The van der Waals surface area contributed by atoms with Crippen LogP contribution in [0.15, 0.2) is 42.5 Å². The van der Waals surface area contributed by atoms with E-state index in [9.17, 15) is 9.90 Å². The van der Waals surface area contributed by atoms with Gasteiger partial charge in [-0.1, -0.05) is 12.1 Å². The second-order valence-electron chi connectivity index (χ2n) is 4.09. The lowest BCUT2D eigenvalue weighted by Gasteiger charge is -2.06. The minimum atomic E-state index is -0.219. The highest BCUT2D eigenvalue weighted by Gasteiger charge is 2.07. The zero-order chi connectivity index (χ0) is 13.8. The molecule has 4 nitrogen and oxygen atoms in total. The van der Waals surface area contributed by atoms with Gasteiger partial charge in [0, 0.05) is 17.8 Å². The zero-order valence-corrected chi connectivity index (χ0v) is 12.2. The van der Waals surface area contributed by atoms with E-state index in [1.54, 1.807) is 24.3 Å². The maximum Gasteiger partial charge on any atom is 0.251 e. The Bertz CT molecular complexity index is 597. The van der Waals surface area contributed by atoms with Crippen molar-refractivity contribution in [2.45, 2.75) is 6.54 Å². The lowest BCUT2D eigenvalue weighted by atomic mass is 10.2. The number of phenolic OH excluding ortho intramolecular Hbond substituents is 1. The van der Waals surface area contributed by atoms with E-state index in [1.807, 2.05) is 34.7 Å². The van der Waals surface area contributed by atoms with Crippen LogP contribution in [0.4, 0.5) is 5.69 Å². The molecule has 0 saturated heterocycles. The van der Waals surface area contributed by atoms with Crippen LogP contribution in [0.5, 0.6) is 5.75 Å². The van der Waals surface area contributed by atoms with Crippen LogP contribution in [0.1, 0.15) is 15.9 Å². The van der Waals surface area contributed by atoms with E-state index >= 15 is 0 Å². The van der Waals surface area contributed by atoms with Crippen LogP contribution in [-0.4, -0.2) is 11.0 Å². The van der Waals surface area contributed by atoms with Gasteiger partial charge in [0.25, 0.3) is 5.91 Å². The first kappa shape index (κ1) is 13.7. The summed E-state index contributed by atoms with van der Waals surface area (Å²) in [6.45, 7) is 0.422. The number of nitrogen functional groups attached to an aromatic ring is 1. The van der Waals surface area contributed by atoms with Gasteiger partial charge in [0.05, 0.1) is 3.57 Å². The summed E-state index contributed by atoms with van der Waals surface area (Å²) in [4.78, 5) is 11.9. The van der Waals surface area contributed by atoms with Crippen molar-refractivity contribution in [2.24, 2.45) is 0 Å². The average molecular weight is 368 g/mol. The Kier molecular flexibility index (Phi) is 4.26.